The van der Waals surface area contributed by atoms with E-state index >= 15 is 0 Å². The second-order valence-corrected chi connectivity index (χ2v) is 3.46. The zero-order valence-corrected chi connectivity index (χ0v) is 8.21. The molecule has 0 saturated carbocycles. The summed E-state index contributed by atoms with van der Waals surface area (Å²) < 4.78 is 6.89. The molecule has 0 fully saturated rings. The molecule has 0 saturated heterocycles. The number of carbonyl (C=O) groups is 1. The molecule has 4 nitrogen and oxygen atoms in total. The molecule has 0 N–H and O–H groups in total. The maximum absolute atomic E-state index is 11.7. The molecule has 0 amide bonds. The van der Waals surface area contributed by atoms with E-state index in [1.165, 1.54) is 16.5 Å². The number of pyridine rings is 1. The molecule has 0 unspecified atom stereocenters. The van der Waals surface area contributed by atoms with Gasteiger partial charge >= 0.3 is 0 Å². The van der Waals surface area contributed by atoms with Crippen molar-refractivity contribution in [1.29, 1.82) is 0 Å². The van der Waals surface area contributed by atoms with Gasteiger partial charge in [0.05, 0.1) is 11.1 Å². The van der Waals surface area contributed by atoms with Gasteiger partial charge in [-0.2, -0.15) is 0 Å². The standard InChI is InChI=1S/C12H7NO3/c14-7-8-5-6-11(15)13-9-3-1-2-4-10(9)16-12(8)13/h1-7H. The summed E-state index contributed by atoms with van der Waals surface area (Å²) in [5.74, 6) is 0. The predicted octanol–water partition coefficient (Wildman–Crippen LogP) is 1.86. The highest BCUT2D eigenvalue weighted by Crippen LogP contribution is 2.19. The number of rotatable bonds is 1. The maximum Gasteiger partial charge on any atom is 0.258 e. The Morgan fingerprint density at radius 1 is 1.12 bits per heavy atom. The molecule has 3 rings (SSSR count). The Bertz CT molecular complexity index is 752. The summed E-state index contributed by atoms with van der Waals surface area (Å²) in [5, 5.41) is 0. The van der Waals surface area contributed by atoms with Gasteiger partial charge in [0.15, 0.2) is 11.9 Å². The van der Waals surface area contributed by atoms with Crippen molar-refractivity contribution >= 4 is 23.1 Å². The van der Waals surface area contributed by atoms with Crippen LogP contribution >= 0.6 is 0 Å². The first kappa shape index (κ1) is 8.91. The Morgan fingerprint density at radius 3 is 2.75 bits per heavy atom. The number of carbonyl (C=O) groups excluding carboxylic acids is 1. The van der Waals surface area contributed by atoms with Gasteiger partial charge in [-0.3, -0.25) is 9.59 Å². The van der Waals surface area contributed by atoms with Crippen molar-refractivity contribution in [3.63, 3.8) is 0 Å². The molecular formula is C12H7NO3. The highest BCUT2D eigenvalue weighted by Gasteiger charge is 2.10. The number of para-hydroxylation sites is 2. The molecule has 0 radical (unpaired) electrons. The van der Waals surface area contributed by atoms with Crippen molar-refractivity contribution < 1.29 is 9.21 Å². The lowest BCUT2D eigenvalue weighted by molar-refractivity contribution is 0.112. The SMILES string of the molecule is O=Cc1ccc(=O)n2c1oc1ccccc12. The fraction of sp³-hybridized carbons (Fsp3) is 0. The third-order valence-corrected chi connectivity index (χ3v) is 2.52. The lowest BCUT2D eigenvalue weighted by atomic mass is 10.3. The first-order valence-corrected chi connectivity index (χ1v) is 4.80. The first-order chi connectivity index (χ1) is 7.81. The van der Waals surface area contributed by atoms with Crippen LogP contribution in [0.2, 0.25) is 0 Å². The van der Waals surface area contributed by atoms with Gasteiger partial charge in [0, 0.05) is 6.07 Å². The third-order valence-electron chi connectivity index (χ3n) is 2.52. The Kier molecular flexibility index (Phi) is 1.71. The molecule has 3 aromatic rings. The molecule has 16 heavy (non-hydrogen) atoms. The van der Waals surface area contributed by atoms with Gasteiger partial charge in [0.2, 0.25) is 5.71 Å². The average molecular weight is 213 g/mol. The van der Waals surface area contributed by atoms with Crippen LogP contribution in [-0.2, 0) is 0 Å². The van der Waals surface area contributed by atoms with E-state index in [4.69, 9.17) is 4.42 Å². The smallest absolute Gasteiger partial charge is 0.258 e. The number of aromatic nitrogens is 1. The Morgan fingerprint density at radius 2 is 1.94 bits per heavy atom. The summed E-state index contributed by atoms with van der Waals surface area (Å²) in [4.78, 5) is 22.5. The van der Waals surface area contributed by atoms with Crippen LogP contribution in [0, 0.1) is 0 Å². The van der Waals surface area contributed by atoms with Crippen molar-refractivity contribution in [3.05, 3.63) is 52.3 Å². The summed E-state index contributed by atoms with van der Waals surface area (Å²) >= 11 is 0. The van der Waals surface area contributed by atoms with Crippen LogP contribution in [0.25, 0.3) is 16.8 Å². The number of hydrogen-bond donors (Lipinski definition) is 0. The summed E-state index contributed by atoms with van der Waals surface area (Å²) in [6.45, 7) is 0. The fourth-order valence-electron chi connectivity index (χ4n) is 1.79. The van der Waals surface area contributed by atoms with Gasteiger partial charge in [0.1, 0.15) is 0 Å². The van der Waals surface area contributed by atoms with Crippen molar-refractivity contribution in [2.24, 2.45) is 0 Å². The summed E-state index contributed by atoms with van der Waals surface area (Å²) in [5.41, 5.74) is 1.73. The molecular weight excluding hydrogens is 206 g/mol. The van der Waals surface area contributed by atoms with Gasteiger partial charge < -0.3 is 4.42 Å². The first-order valence-electron chi connectivity index (χ1n) is 4.80. The molecule has 0 bridgehead atoms. The summed E-state index contributed by atoms with van der Waals surface area (Å²) in [7, 11) is 0. The summed E-state index contributed by atoms with van der Waals surface area (Å²) in [6, 6.07) is 10.00. The quantitative estimate of drug-likeness (QED) is 0.580. The van der Waals surface area contributed by atoms with Crippen LogP contribution in [0.4, 0.5) is 0 Å². The zero-order chi connectivity index (χ0) is 11.1. The molecule has 2 heterocycles. The van der Waals surface area contributed by atoms with Gasteiger partial charge in [-0.1, -0.05) is 12.1 Å². The second-order valence-electron chi connectivity index (χ2n) is 3.46. The average Bonchev–Trinajstić information content (AvgIpc) is 2.69. The number of oxazole rings is 1. The van der Waals surface area contributed by atoms with Crippen molar-refractivity contribution in [2.75, 3.05) is 0 Å². The minimum atomic E-state index is -0.203. The second kappa shape index (κ2) is 3.06. The van der Waals surface area contributed by atoms with Gasteiger partial charge in [0.25, 0.3) is 5.56 Å². The van der Waals surface area contributed by atoms with Crippen LogP contribution < -0.4 is 5.56 Å². The molecule has 0 aliphatic heterocycles. The molecule has 4 heteroatoms. The Balaban J connectivity index is 2.68. The van der Waals surface area contributed by atoms with Crippen LogP contribution in [0.15, 0.2) is 45.6 Å². The third kappa shape index (κ3) is 1.04. The minimum absolute atomic E-state index is 0.203. The lowest BCUT2D eigenvalue weighted by Crippen LogP contribution is -2.11. The number of fused-ring (bicyclic) bond motifs is 3. The van der Waals surface area contributed by atoms with E-state index in [9.17, 15) is 9.59 Å². The van der Waals surface area contributed by atoms with E-state index in [-0.39, 0.29) is 5.56 Å². The van der Waals surface area contributed by atoms with E-state index in [0.29, 0.717) is 28.7 Å². The highest BCUT2D eigenvalue weighted by atomic mass is 16.3. The fourth-order valence-corrected chi connectivity index (χ4v) is 1.79. The molecule has 78 valence electrons. The molecule has 0 spiro atoms. The Hall–Kier alpha value is -2.36. The monoisotopic (exact) mass is 213 g/mol. The number of benzene rings is 1. The largest absolute Gasteiger partial charge is 0.437 e. The number of aldehydes is 1. The minimum Gasteiger partial charge on any atom is -0.437 e. The van der Waals surface area contributed by atoms with E-state index in [0.717, 1.165) is 0 Å². The van der Waals surface area contributed by atoms with E-state index in [1.807, 2.05) is 12.1 Å². The highest BCUT2D eigenvalue weighted by molar-refractivity contribution is 5.87. The number of nitrogens with zero attached hydrogens (tertiary/aromatic N) is 1. The molecule has 0 atom stereocenters. The van der Waals surface area contributed by atoms with Crippen LogP contribution in [0.5, 0.6) is 0 Å². The van der Waals surface area contributed by atoms with Crippen molar-refractivity contribution in [3.8, 4) is 0 Å². The van der Waals surface area contributed by atoms with Gasteiger partial charge in [-0.25, -0.2) is 4.40 Å². The van der Waals surface area contributed by atoms with Crippen LogP contribution in [-0.4, -0.2) is 10.7 Å². The normalized spacial score (nSPS) is 11.0. The zero-order valence-electron chi connectivity index (χ0n) is 8.21. The van der Waals surface area contributed by atoms with Crippen LogP contribution in [0.1, 0.15) is 10.4 Å². The predicted molar refractivity (Wildman–Crippen MR) is 58.8 cm³/mol. The molecule has 2 aromatic heterocycles. The van der Waals surface area contributed by atoms with Crippen LogP contribution in [0.3, 0.4) is 0 Å². The van der Waals surface area contributed by atoms with E-state index in [2.05, 4.69) is 0 Å². The molecule has 1 aromatic carbocycles. The summed E-state index contributed by atoms with van der Waals surface area (Å²) in [6.07, 6.45) is 0.678. The topological polar surface area (TPSA) is 51.7 Å². The van der Waals surface area contributed by atoms with Gasteiger partial charge in [-0.15, -0.1) is 0 Å². The van der Waals surface area contributed by atoms with E-state index in [1.54, 1.807) is 12.1 Å². The Labute approximate surface area is 89.7 Å². The lowest BCUT2D eigenvalue weighted by Gasteiger charge is -1.93. The van der Waals surface area contributed by atoms with Crippen molar-refractivity contribution in [2.45, 2.75) is 0 Å². The molecule has 0 aliphatic carbocycles. The maximum atomic E-state index is 11.7. The van der Waals surface area contributed by atoms with Gasteiger partial charge in [-0.05, 0) is 18.2 Å². The van der Waals surface area contributed by atoms with E-state index < -0.39 is 0 Å². The van der Waals surface area contributed by atoms with Crippen molar-refractivity contribution in [1.82, 2.24) is 4.40 Å². The molecule has 0 aliphatic rings. The number of hydrogen-bond acceptors (Lipinski definition) is 3.